The molecule has 15 heavy (non-hydrogen) atoms. The molecule has 0 N–H and O–H groups in total. The topological polar surface area (TPSA) is 25.8 Å². The van der Waals surface area contributed by atoms with Crippen molar-refractivity contribution in [3.05, 3.63) is 48.8 Å². The first-order chi connectivity index (χ1) is 5.97. The second kappa shape index (κ2) is 9.48. The molecule has 0 amide bonds. The van der Waals surface area contributed by atoms with E-state index in [0.29, 0.717) is 0 Å². The predicted molar refractivity (Wildman–Crippen MR) is 47.5 cm³/mol. The van der Waals surface area contributed by atoms with Gasteiger partial charge in [0.1, 0.15) is 0 Å². The van der Waals surface area contributed by atoms with Crippen LogP contribution < -0.4 is 48.0 Å². The van der Waals surface area contributed by atoms with Gasteiger partial charge >= 0.3 is 16.5 Å². The molecule has 2 aromatic heterocycles. The summed E-state index contributed by atoms with van der Waals surface area (Å²) in [4.78, 5) is 8.37. The summed E-state index contributed by atoms with van der Waals surface area (Å²) in [6.07, 6.45) is 3.54. The van der Waals surface area contributed by atoms with Crippen molar-refractivity contribution in [1.82, 2.24) is 9.97 Å². The molecule has 2 heterocycles. The van der Waals surface area contributed by atoms with E-state index in [-0.39, 0.29) is 64.4 Å². The predicted octanol–water partition coefficient (Wildman–Crippen LogP) is -3.85. The van der Waals surface area contributed by atoms with Gasteiger partial charge in [-0.25, -0.2) is 0 Å². The van der Waals surface area contributed by atoms with Gasteiger partial charge in [0.25, 0.3) is 0 Å². The van der Waals surface area contributed by atoms with Crippen molar-refractivity contribution in [2.45, 2.75) is 0 Å². The van der Waals surface area contributed by atoms with Crippen molar-refractivity contribution < 1.29 is 64.4 Å². The van der Waals surface area contributed by atoms with Crippen molar-refractivity contribution in [2.75, 3.05) is 0 Å². The first-order valence-electron chi connectivity index (χ1n) is 3.79. The number of pyridine rings is 2. The van der Waals surface area contributed by atoms with Crippen LogP contribution >= 0.6 is 0 Å². The normalized spacial score (nSPS) is 7.73. The summed E-state index contributed by atoms with van der Waals surface area (Å²) in [7, 11) is 0. The molecule has 0 saturated carbocycles. The Kier molecular flexibility index (Phi) is 11.1. The summed E-state index contributed by atoms with van der Waals surface area (Å²) in [6, 6.07) is 11.6. The summed E-state index contributed by atoms with van der Waals surface area (Å²) in [5, 5.41) is 0. The first-order valence-corrected chi connectivity index (χ1v) is 3.79. The van der Waals surface area contributed by atoms with Gasteiger partial charge in [0.05, 0.1) is 11.4 Å². The molecule has 0 bridgehead atoms. The second-order valence-electron chi connectivity index (χ2n) is 2.43. The molecule has 2 aromatic rings. The second-order valence-corrected chi connectivity index (χ2v) is 2.43. The van der Waals surface area contributed by atoms with E-state index in [9.17, 15) is 0 Å². The van der Waals surface area contributed by atoms with E-state index < -0.39 is 0 Å². The van der Waals surface area contributed by atoms with E-state index in [1.165, 1.54) is 0 Å². The van der Waals surface area contributed by atoms with Crippen LogP contribution in [0.4, 0.5) is 0 Å². The van der Waals surface area contributed by atoms with Crippen LogP contribution in [0.1, 0.15) is 0 Å². The van der Waals surface area contributed by atoms with Gasteiger partial charge in [-0.2, -0.15) is 0 Å². The molecule has 0 saturated heterocycles. The third-order valence-corrected chi connectivity index (χ3v) is 1.59. The minimum absolute atomic E-state index is 0. The van der Waals surface area contributed by atoms with Gasteiger partial charge in [-0.15, -0.1) is 0 Å². The smallest absolute Gasteiger partial charge is 1.00 e. The Morgan fingerprint density at radius 3 is 1.33 bits per heavy atom. The third kappa shape index (κ3) is 5.22. The van der Waals surface area contributed by atoms with Crippen molar-refractivity contribution in [2.24, 2.45) is 0 Å². The van der Waals surface area contributed by atoms with Gasteiger partial charge in [-0.1, -0.05) is 12.1 Å². The van der Waals surface area contributed by atoms with Crippen LogP contribution in [0.3, 0.4) is 0 Å². The Balaban J connectivity index is 0. The van der Waals surface area contributed by atoms with E-state index in [0.717, 1.165) is 11.4 Å². The van der Waals surface area contributed by atoms with E-state index >= 15 is 0 Å². The fourth-order valence-electron chi connectivity index (χ4n) is 1.03. The fourth-order valence-corrected chi connectivity index (χ4v) is 1.03. The molecule has 0 fully saturated rings. The van der Waals surface area contributed by atoms with Gasteiger partial charge in [0, 0.05) is 12.4 Å². The SMILES string of the molecule is [I-].[I-].[Ni+2].c1ccc(-c2ccccn2)nc1. The monoisotopic (exact) mass is 468 g/mol. The molecule has 0 unspecified atom stereocenters. The molecule has 5 heteroatoms. The van der Waals surface area contributed by atoms with Gasteiger partial charge in [0.15, 0.2) is 0 Å². The van der Waals surface area contributed by atoms with Gasteiger partial charge < -0.3 is 48.0 Å². The van der Waals surface area contributed by atoms with Crippen LogP contribution in [0, 0.1) is 0 Å². The molecule has 0 radical (unpaired) electrons. The molecule has 0 atom stereocenters. The summed E-state index contributed by atoms with van der Waals surface area (Å²) in [5.74, 6) is 0. The molecule has 0 aliphatic rings. The molecule has 82 valence electrons. The van der Waals surface area contributed by atoms with Crippen LogP contribution in [0.2, 0.25) is 0 Å². The molecule has 0 aromatic carbocycles. The number of hydrogen-bond acceptors (Lipinski definition) is 2. The Hall–Kier alpha value is 0.254. The van der Waals surface area contributed by atoms with Crippen molar-refractivity contribution in [3.8, 4) is 11.4 Å². The quantitative estimate of drug-likeness (QED) is 0.317. The largest absolute Gasteiger partial charge is 2.00 e. The van der Waals surface area contributed by atoms with Gasteiger partial charge in [-0.3, -0.25) is 9.97 Å². The maximum absolute atomic E-state index is 4.19. The van der Waals surface area contributed by atoms with Crippen molar-refractivity contribution in [3.63, 3.8) is 0 Å². The average molecular weight is 469 g/mol. The molecular formula is C10H8I2N2Ni. The molecule has 0 aliphatic heterocycles. The number of hydrogen-bond donors (Lipinski definition) is 0. The summed E-state index contributed by atoms with van der Waals surface area (Å²) in [6.45, 7) is 0. The number of aromatic nitrogens is 2. The molecule has 0 spiro atoms. The fraction of sp³-hybridized carbons (Fsp3) is 0. The molecular weight excluding hydrogens is 461 g/mol. The van der Waals surface area contributed by atoms with Crippen molar-refractivity contribution in [1.29, 1.82) is 0 Å². The number of nitrogens with zero attached hydrogens (tertiary/aromatic N) is 2. The minimum atomic E-state index is 0. The Morgan fingerprint density at radius 2 is 1.07 bits per heavy atom. The number of halogens is 2. The Labute approximate surface area is 133 Å². The van der Waals surface area contributed by atoms with Crippen LogP contribution in [-0.2, 0) is 16.5 Å². The van der Waals surface area contributed by atoms with Crippen LogP contribution in [0.25, 0.3) is 11.4 Å². The zero-order valence-corrected chi connectivity index (χ0v) is 12.9. The maximum atomic E-state index is 4.19. The van der Waals surface area contributed by atoms with Crippen LogP contribution in [-0.4, -0.2) is 9.97 Å². The van der Waals surface area contributed by atoms with E-state index in [2.05, 4.69) is 9.97 Å². The standard InChI is InChI=1S/C10H8N2.2HI.Ni/c1-3-7-11-9(5-1)10-6-2-4-8-12-10;;;/h1-8H;2*1H;/q;;;+2/p-2. The molecule has 0 aliphatic carbocycles. The Bertz CT molecular complexity index is 319. The summed E-state index contributed by atoms with van der Waals surface area (Å²) in [5.41, 5.74) is 1.83. The summed E-state index contributed by atoms with van der Waals surface area (Å²) >= 11 is 0. The van der Waals surface area contributed by atoms with Crippen LogP contribution in [0.5, 0.6) is 0 Å². The minimum Gasteiger partial charge on any atom is -1.00 e. The Morgan fingerprint density at radius 1 is 0.667 bits per heavy atom. The van der Waals surface area contributed by atoms with Gasteiger partial charge in [-0.05, 0) is 24.3 Å². The first kappa shape index (κ1) is 17.6. The molecule has 2 rings (SSSR count). The third-order valence-electron chi connectivity index (χ3n) is 1.59. The average Bonchev–Trinajstić information content (AvgIpc) is 2.21. The zero-order valence-electron chi connectivity index (χ0n) is 7.59. The van der Waals surface area contributed by atoms with Crippen LogP contribution in [0.15, 0.2) is 48.8 Å². The van der Waals surface area contributed by atoms with E-state index in [1.54, 1.807) is 12.4 Å². The van der Waals surface area contributed by atoms with Crippen molar-refractivity contribution >= 4 is 0 Å². The van der Waals surface area contributed by atoms with E-state index in [4.69, 9.17) is 0 Å². The van der Waals surface area contributed by atoms with E-state index in [1.807, 2.05) is 36.4 Å². The summed E-state index contributed by atoms with van der Waals surface area (Å²) < 4.78 is 0. The van der Waals surface area contributed by atoms with Gasteiger partial charge in [0.2, 0.25) is 0 Å². The number of rotatable bonds is 1. The zero-order chi connectivity index (χ0) is 8.23. The molecule has 2 nitrogen and oxygen atoms in total. The maximum Gasteiger partial charge on any atom is 2.00 e.